The summed E-state index contributed by atoms with van der Waals surface area (Å²) in [6.45, 7) is 1.84. The van der Waals surface area contributed by atoms with Gasteiger partial charge in [-0.15, -0.1) is 0 Å². The molecule has 0 fully saturated rings. The van der Waals surface area contributed by atoms with E-state index >= 15 is 0 Å². The maximum atomic E-state index is 13.2. The van der Waals surface area contributed by atoms with E-state index in [1.807, 2.05) is 6.92 Å². The van der Waals surface area contributed by atoms with E-state index in [0.29, 0.717) is 17.8 Å². The number of aromatic nitrogens is 3. The molecule has 5 nitrogen and oxygen atoms in total. The summed E-state index contributed by atoms with van der Waals surface area (Å²) < 4.78 is 32.8. The smallest absolute Gasteiger partial charge is 0.260 e. The van der Waals surface area contributed by atoms with Crippen LogP contribution in [0.2, 0.25) is 0 Å². The Balaban J connectivity index is 2.10. The van der Waals surface area contributed by atoms with Crippen molar-refractivity contribution >= 4 is 5.65 Å². The summed E-state index contributed by atoms with van der Waals surface area (Å²) in [6, 6.07) is 4.76. The minimum Gasteiger partial charge on any atom is -0.490 e. The second kappa shape index (κ2) is 5.01. The van der Waals surface area contributed by atoms with E-state index in [2.05, 4.69) is 10.1 Å². The molecular weight excluding hydrogens is 280 g/mol. The van der Waals surface area contributed by atoms with Crippen molar-refractivity contribution in [3.05, 3.63) is 47.8 Å². The fourth-order valence-corrected chi connectivity index (χ4v) is 1.96. The van der Waals surface area contributed by atoms with Crippen LogP contribution in [0.1, 0.15) is 12.6 Å². The van der Waals surface area contributed by atoms with Crippen LogP contribution in [0.25, 0.3) is 5.65 Å². The molecule has 3 rings (SSSR count). The molecule has 108 valence electrons. The quantitative estimate of drug-likeness (QED) is 0.805. The second-order valence-corrected chi connectivity index (χ2v) is 4.34. The summed E-state index contributed by atoms with van der Waals surface area (Å²) in [4.78, 5) is 4.30. The molecule has 0 saturated carbocycles. The molecular formula is C14H11F2N3O2. The van der Waals surface area contributed by atoms with Crippen molar-refractivity contribution in [2.45, 2.75) is 13.3 Å². The van der Waals surface area contributed by atoms with Crippen LogP contribution < -0.4 is 4.74 Å². The standard InChI is InChI=1S/C14H11F2N3O2/c1-2-11-13(14(20)19-12(18-11)5-6-17-19)21-8-3-4-9(15)10(16)7-8/h3-7,20H,2H2,1H3. The summed E-state index contributed by atoms with van der Waals surface area (Å²) in [7, 11) is 0. The largest absolute Gasteiger partial charge is 0.490 e. The molecule has 0 radical (unpaired) electrons. The van der Waals surface area contributed by atoms with Crippen molar-refractivity contribution in [1.82, 2.24) is 14.6 Å². The zero-order valence-corrected chi connectivity index (χ0v) is 11.0. The Bertz CT molecular complexity index is 817. The van der Waals surface area contributed by atoms with Crippen LogP contribution in [0.4, 0.5) is 8.78 Å². The molecule has 0 aliphatic rings. The fraction of sp³-hybridized carbons (Fsp3) is 0.143. The number of hydrogen-bond acceptors (Lipinski definition) is 4. The summed E-state index contributed by atoms with van der Waals surface area (Å²) in [5.41, 5.74) is 0.965. The molecule has 0 atom stereocenters. The van der Waals surface area contributed by atoms with E-state index in [9.17, 15) is 13.9 Å². The van der Waals surface area contributed by atoms with E-state index in [1.54, 1.807) is 6.07 Å². The van der Waals surface area contributed by atoms with Gasteiger partial charge in [-0.05, 0) is 18.6 Å². The molecule has 0 spiro atoms. The van der Waals surface area contributed by atoms with E-state index in [-0.39, 0.29) is 17.4 Å². The van der Waals surface area contributed by atoms with Gasteiger partial charge >= 0.3 is 0 Å². The molecule has 0 amide bonds. The Morgan fingerprint density at radius 3 is 2.76 bits per heavy atom. The van der Waals surface area contributed by atoms with Crippen LogP contribution >= 0.6 is 0 Å². The van der Waals surface area contributed by atoms with E-state index in [1.165, 1.54) is 16.8 Å². The molecule has 2 heterocycles. The minimum absolute atomic E-state index is 0.0622. The van der Waals surface area contributed by atoms with Gasteiger partial charge in [0.1, 0.15) is 5.75 Å². The lowest BCUT2D eigenvalue weighted by atomic mass is 10.3. The molecule has 21 heavy (non-hydrogen) atoms. The third-order valence-corrected chi connectivity index (χ3v) is 2.98. The van der Waals surface area contributed by atoms with Gasteiger partial charge in [0.05, 0.1) is 11.9 Å². The van der Waals surface area contributed by atoms with Crippen LogP contribution in [0, 0.1) is 11.6 Å². The Morgan fingerprint density at radius 2 is 2.05 bits per heavy atom. The normalized spacial score (nSPS) is 11.0. The molecule has 0 aliphatic carbocycles. The Morgan fingerprint density at radius 1 is 1.24 bits per heavy atom. The summed E-state index contributed by atoms with van der Waals surface area (Å²) >= 11 is 0. The number of hydrogen-bond donors (Lipinski definition) is 1. The maximum Gasteiger partial charge on any atom is 0.260 e. The van der Waals surface area contributed by atoms with Gasteiger partial charge in [-0.2, -0.15) is 9.61 Å². The summed E-state index contributed by atoms with van der Waals surface area (Å²) in [5.74, 6) is -2.11. The van der Waals surface area contributed by atoms with E-state index < -0.39 is 11.6 Å². The van der Waals surface area contributed by atoms with Crippen molar-refractivity contribution in [1.29, 1.82) is 0 Å². The van der Waals surface area contributed by atoms with Crippen LogP contribution in [-0.2, 0) is 6.42 Å². The number of benzene rings is 1. The SMILES string of the molecule is CCc1nc2ccnn2c(O)c1Oc1ccc(F)c(F)c1. The molecule has 0 aliphatic heterocycles. The molecule has 7 heteroatoms. The van der Waals surface area contributed by atoms with E-state index in [4.69, 9.17) is 4.74 Å². The average molecular weight is 291 g/mol. The molecule has 3 aromatic rings. The molecule has 0 saturated heterocycles. The van der Waals surface area contributed by atoms with Crippen molar-refractivity contribution < 1.29 is 18.6 Å². The van der Waals surface area contributed by atoms with Crippen molar-refractivity contribution in [3.8, 4) is 17.4 Å². The van der Waals surface area contributed by atoms with Crippen LogP contribution in [0.5, 0.6) is 17.4 Å². The first kappa shape index (κ1) is 13.3. The number of fused-ring (bicyclic) bond motifs is 1. The summed E-state index contributed by atoms with van der Waals surface area (Å²) in [5, 5.41) is 14.1. The lowest BCUT2D eigenvalue weighted by Gasteiger charge is -2.12. The Kier molecular flexibility index (Phi) is 3.17. The zero-order valence-electron chi connectivity index (χ0n) is 11.0. The van der Waals surface area contributed by atoms with Gasteiger partial charge in [0.2, 0.25) is 5.75 Å². The number of aryl methyl sites for hydroxylation is 1. The topological polar surface area (TPSA) is 59.7 Å². The summed E-state index contributed by atoms with van der Waals surface area (Å²) in [6.07, 6.45) is 1.98. The van der Waals surface area contributed by atoms with Crippen molar-refractivity contribution in [3.63, 3.8) is 0 Å². The number of nitrogens with zero attached hydrogens (tertiary/aromatic N) is 3. The first-order chi connectivity index (χ1) is 10.1. The third kappa shape index (κ3) is 2.26. The number of rotatable bonds is 3. The second-order valence-electron chi connectivity index (χ2n) is 4.34. The molecule has 0 bridgehead atoms. The van der Waals surface area contributed by atoms with E-state index in [0.717, 1.165) is 12.1 Å². The highest BCUT2D eigenvalue weighted by molar-refractivity contribution is 5.50. The van der Waals surface area contributed by atoms with Crippen LogP contribution in [-0.4, -0.2) is 19.7 Å². The van der Waals surface area contributed by atoms with Crippen molar-refractivity contribution in [2.75, 3.05) is 0 Å². The predicted octanol–water partition coefficient (Wildman–Crippen LogP) is 3.07. The lowest BCUT2D eigenvalue weighted by Crippen LogP contribution is -2.01. The van der Waals surface area contributed by atoms with Gasteiger partial charge in [-0.25, -0.2) is 13.8 Å². The van der Waals surface area contributed by atoms with Gasteiger partial charge < -0.3 is 9.84 Å². The average Bonchev–Trinajstić information content (AvgIpc) is 2.94. The zero-order chi connectivity index (χ0) is 15.0. The molecule has 1 N–H and O–H groups in total. The predicted molar refractivity (Wildman–Crippen MR) is 70.5 cm³/mol. The van der Waals surface area contributed by atoms with Crippen molar-refractivity contribution in [2.24, 2.45) is 0 Å². The minimum atomic E-state index is -1.03. The highest BCUT2D eigenvalue weighted by Gasteiger charge is 2.17. The lowest BCUT2D eigenvalue weighted by molar-refractivity contribution is 0.376. The molecule has 1 aromatic carbocycles. The molecule has 0 unspecified atom stereocenters. The number of halogens is 2. The highest BCUT2D eigenvalue weighted by Crippen LogP contribution is 2.34. The van der Waals surface area contributed by atoms with Gasteiger partial charge in [0.15, 0.2) is 17.3 Å². The monoisotopic (exact) mass is 291 g/mol. The van der Waals surface area contributed by atoms with Crippen LogP contribution in [0.3, 0.4) is 0 Å². The Labute approximate surface area is 118 Å². The van der Waals surface area contributed by atoms with Gasteiger partial charge in [-0.1, -0.05) is 6.92 Å². The highest BCUT2D eigenvalue weighted by atomic mass is 19.2. The van der Waals surface area contributed by atoms with Crippen LogP contribution in [0.15, 0.2) is 30.5 Å². The third-order valence-electron chi connectivity index (χ3n) is 2.98. The fourth-order valence-electron chi connectivity index (χ4n) is 1.96. The van der Waals surface area contributed by atoms with Gasteiger partial charge in [-0.3, -0.25) is 0 Å². The van der Waals surface area contributed by atoms with Gasteiger partial charge in [0.25, 0.3) is 5.88 Å². The Hall–Kier alpha value is -2.70. The number of ether oxygens (including phenoxy) is 1. The number of aromatic hydroxyl groups is 1. The maximum absolute atomic E-state index is 13.2. The first-order valence-corrected chi connectivity index (χ1v) is 6.28. The molecule has 2 aromatic heterocycles. The van der Waals surface area contributed by atoms with Gasteiger partial charge in [0, 0.05) is 12.1 Å². The first-order valence-electron chi connectivity index (χ1n) is 6.28.